The lowest BCUT2D eigenvalue weighted by Gasteiger charge is -2.35. The van der Waals surface area contributed by atoms with E-state index in [0.29, 0.717) is 17.5 Å². The minimum Gasteiger partial charge on any atom is -0.455 e. The molecule has 0 atom stereocenters. The van der Waals surface area contributed by atoms with E-state index < -0.39 is 0 Å². The second-order valence-corrected chi connectivity index (χ2v) is 11.9. The van der Waals surface area contributed by atoms with Gasteiger partial charge in [0, 0.05) is 48.7 Å². The molecule has 1 aliphatic heterocycles. The number of rotatable bonds is 3. The van der Waals surface area contributed by atoms with Gasteiger partial charge in [-0.15, -0.1) is 11.3 Å². The van der Waals surface area contributed by atoms with Crippen LogP contribution in [-0.2, 0) is 5.41 Å². The van der Waals surface area contributed by atoms with Crippen LogP contribution >= 0.6 is 11.3 Å². The fraction of sp³-hybridized carbons (Fsp3) is 0.0833. The van der Waals surface area contributed by atoms with Crippen molar-refractivity contribution >= 4 is 31.5 Å². The Kier molecular flexibility index (Phi) is 5.31. The first-order chi connectivity index (χ1) is 20.1. The van der Waals surface area contributed by atoms with Crippen LogP contribution in [0.25, 0.3) is 54.3 Å². The zero-order chi connectivity index (χ0) is 27.6. The Hall–Kier alpha value is -4.87. The Labute approximate surface area is 242 Å². The van der Waals surface area contributed by atoms with Crippen LogP contribution in [0.3, 0.4) is 0 Å². The van der Waals surface area contributed by atoms with Crippen molar-refractivity contribution in [1.82, 2.24) is 15.0 Å². The molecule has 41 heavy (non-hydrogen) atoms. The lowest BCUT2D eigenvalue weighted by atomic mass is 9.75. The Morgan fingerprint density at radius 2 is 1.15 bits per heavy atom. The van der Waals surface area contributed by atoms with Gasteiger partial charge in [0.15, 0.2) is 17.5 Å². The third-order valence-corrected chi connectivity index (χ3v) is 9.18. The standard InChI is InChI=1S/C36H25N3OS/c1-36(2)27-19-17-24(21-29(27)40-31-28(36)20-18-26-25-15-9-10-16-30(25)41-32(26)31)35-38-33(22-11-5-3-6-12-22)37-34(39-35)23-13-7-4-8-14-23/h3-21H,1-2H3. The van der Waals surface area contributed by atoms with E-state index in [0.717, 1.165) is 33.8 Å². The highest BCUT2D eigenvalue weighted by atomic mass is 32.1. The highest BCUT2D eigenvalue weighted by Gasteiger charge is 2.36. The van der Waals surface area contributed by atoms with Crippen molar-refractivity contribution in [3.63, 3.8) is 0 Å². The molecular weight excluding hydrogens is 522 g/mol. The molecule has 0 bridgehead atoms. The highest BCUT2D eigenvalue weighted by molar-refractivity contribution is 7.26. The molecule has 0 amide bonds. The summed E-state index contributed by atoms with van der Waals surface area (Å²) < 4.78 is 9.24. The lowest BCUT2D eigenvalue weighted by molar-refractivity contribution is 0.424. The summed E-state index contributed by atoms with van der Waals surface area (Å²) in [6, 6.07) is 39.5. The fourth-order valence-electron chi connectivity index (χ4n) is 5.81. The minimum atomic E-state index is -0.227. The van der Waals surface area contributed by atoms with Crippen LogP contribution in [0.5, 0.6) is 11.5 Å². The van der Waals surface area contributed by atoms with Gasteiger partial charge in [-0.05, 0) is 12.1 Å². The van der Waals surface area contributed by atoms with Gasteiger partial charge in [0.2, 0.25) is 0 Å². The maximum Gasteiger partial charge on any atom is 0.164 e. The summed E-state index contributed by atoms with van der Waals surface area (Å²) in [5.41, 5.74) is 4.91. The first-order valence-electron chi connectivity index (χ1n) is 13.7. The van der Waals surface area contributed by atoms with E-state index in [1.807, 2.05) is 60.7 Å². The van der Waals surface area contributed by atoms with Crippen molar-refractivity contribution in [1.29, 1.82) is 0 Å². The Morgan fingerprint density at radius 3 is 1.83 bits per heavy atom. The second kappa shape index (κ2) is 9.08. The summed E-state index contributed by atoms with van der Waals surface area (Å²) in [6.07, 6.45) is 0. The van der Waals surface area contributed by atoms with Crippen LogP contribution in [0.1, 0.15) is 25.0 Å². The smallest absolute Gasteiger partial charge is 0.164 e. The van der Waals surface area contributed by atoms with Crippen molar-refractivity contribution < 1.29 is 4.74 Å². The van der Waals surface area contributed by atoms with Crippen LogP contribution < -0.4 is 4.74 Å². The molecule has 8 rings (SSSR count). The largest absolute Gasteiger partial charge is 0.455 e. The van der Waals surface area contributed by atoms with Crippen LogP contribution in [0, 0.1) is 0 Å². The number of fused-ring (bicyclic) bond motifs is 6. The predicted octanol–water partition coefficient (Wildman–Crippen LogP) is 9.67. The molecule has 3 heterocycles. The number of hydrogen-bond donors (Lipinski definition) is 0. The van der Waals surface area contributed by atoms with Crippen molar-refractivity contribution in [3.8, 4) is 45.7 Å². The zero-order valence-electron chi connectivity index (χ0n) is 22.6. The topological polar surface area (TPSA) is 47.9 Å². The Balaban J connectivity index is 1.30. The van der Waals surface area contributed by atoms with E-state index in [1.54, 1.807) is 11.3 Å². The number of nitrogens with zero attached hydrogens (tertiary/aromatic N) is 3. The fourth-order valence-corrected chi connectivity index (χ4v) is 7.00. The SMILES string of the molecule is CC1(C)c2ccc(-c3nc(-c4ccccc4)nc(-c4ccccc4)n3)cc2Oc2c1ccc1c2sc2ccccc21. The molecule has 7 aromatic rings. The van der Waals surface area contributed by atoms with Gasteiger partial charge < -0.3 is 4.74 Å². The van der Waals surface area contributed by atoms with Gasteiger partial charge in [0.05, 0.1) is 4.70 Å². The van der Waals surface area contributed by atoms with E-state index in [-0.39, 0.29) is 5.41 Å². The summed E-state index contributed by atoms with van der Waals surface area (Å²) >= 11 is 1.79. The maximum absolute atomic E-state index is 6.79. The van der Waals surface area contributed by atoms with Gasteiger partial charge in [0.25, 0.3) is 0 Å². The number of benzene rings is 5. The van der Waals surface area contributed by atoms with Crippen molar-refractivity contribution in [2.45, 2.75) is 19.3 Å². The molecule has 0 fully saturated rings. The Bertz CT molecular complexity index is 2040. The Morgan fingerprint density at radius 1 is 0.561 bits per heavy atom. The molecule has 0 unspecified atom stereocenters. The third kappa shape index (κ3) is 3.85. The number of ether oxygens (including phenoxy) is 1. The first-order valence-corrected chi connectivity index (χ1v) is 14.5. The van der Waals surface area contributed by atoms with Gasteiger partial charge in [-0.1, -0.05) is 117 Å². The average molecular weight is 548 g/mol. The molecule has 0 aliphatic carbocycles. The summed E-state index contributed by atoms with van der Waals surface area (Å²) in [6.45, 7) is 4.55. The van der Waals surface area contributed by atoms with Crippen molar-refractivity contribution in [2.75, 3.05) is 0 Å². The van der Waals surface area contributed by atoms with Gasteiger partial charge in [-0.2, -0.15) is 0 Å². The van der Waals surface area contributed by atoms with Gasteiger partial charge in [0.1, 0.15) is 11.5 Å². The first kappa shape index (κ1) is 24.0. The molecule has 5 aromatic carbocycles. The molecule has 2 aromatic heterocycles. The average Bonchev–Trinajstić information content (AvgIpc) is 3.41. The second-order valence-electron chi connectivity index (χ2n) is 10.9. The summed E-state index contributed by atoms with van der Waals surface area (Å²) in [5, 5.41) is 2.50. The number of hydrogen-bond acceptors (Lipinski definition) is 5. The molecule has 0 spiro atoms. The van der Waals surface area contributed by atoms with Crippen molar-refractivity contribution in [2.24, 2.45) is 0 Å². The molecule has 0 N–H and O–H groups in total. The van der Waals surface area contributed by atoms with E-state index in [2.05, 4.69) is 68.4 Å². The van der Waals surface area contributed by atoms with Crippen LogP contribution in [0.4, 0.5) is 0 Å². The molecule has 196 valence electrons. The van der Waals surface area contributed by atoms with Crippen molar-refractivity contribution in [3.05, 3.63) is 126 Å². The molecule has 4 nitrogen and oxygen atoms in total. The van der Waals surface area contributed by atoms with Gasteiger partial charge >= 0.3 is 0 Å². The van der Waals surface area contributed by atoms with E-state index in [4.69, 9.17) is 19.7 Å². The summed E-state index contributed by atoms with van der Waals surface area (Å²) in [4.78, 5) is 14.7. The molecule has 0 saturated heterocycles. The molecule has 0 saturated carbocycles. The van der Waals surface area contributed by atoms with Gasteiger partial charge in [-0.3, -0.25) is 0 Å². The molecule has 1 aliphatic rings. The van der Waals surface area contributed by atoms with E-state index >= 15 is 0 Å². The van der Waals surface area contributed by atoms with Gasteiger partial charge in [-0.25, -0.2) is 15.0 Å². The zero-order valence-corrected chi connectivity index (χ0v) is 23.4. The summed E-state index contributed by atoms with van der Waals surface area (Å²) in [7, 11) is 0. The quantitative estimate of drug-likeness (QED) is 0.221. The molecule has 0 radical (unpaired) electrons. The maximum atomic E-state index is 6.79. The van der Waals surface area contributed by atoms with E-state index in [1.165, 1.54) is 25.7 Å². The predicted molar refractivity (Wildman–Crippen MR) is 168 cm³/mol. The molecule has 5 heteroatoms. The third-order valence-electron chi connectivity index (χ3n) is 8.00. The number of thiophene rings is 1. The highest BCUT2D eigenvalue weighted by Crippen LogP contribution is 2.53. The summed E-state index contributed by atoms with van der Waals surface area (Å²) in [5.74, 6) is 3.70. The van der Waals surface area contributed by atoms with Crippen LogP contribution in [0.15, 0.2) is 115 Å². The normalized spacial score (nSPS) is 13.5. The van der Waals surface area contributed by atoms with Crippen LogP contribution in [0.2, 0.25) is 0 Å². The number of aromatic nitrogens is 3. The lowest BCUT2D eigenvalue weighted by Crippen LogP contribution is -2.24. The molecular formula is C36H25N3OS. The monoisotopic (exact) mass is 547 g/mol. The minimum absolute atomic E-state index is 0.227. The van der Waals surface area contributed by atoms with E-state index in [9.17, 15) is 0 Å². The van der Waals surface area contributed by atoms with Crippen LogP contribution in [-0.4, -0.2) is 15.0 Å².